The monoisotopic (exact) mass is 392 g/mol. The van der Waals surface area contributed by atoms with E-state index in [0.29, 0.717) is 23.7 Å². The van der Waals surface area contributed by atoms with Crippen LogP contribution in [-0.2, 0) is 4.79 Å². The fraction of sp³-hybridized carbons (Fsp3) is 0.176. The van der Waals surface area contributed by atoms with Crippen molar-refractivity contribution in [3.63, 3.8) is 0 Å². The lowest BCUT2D eigenvalue weighted by Gasteiger charge is -2.12. The maximum atomic E-state index is 10.8. The van der Waals surface area contributed by atoms with Gasteiger partial charge in [-0.15, -0.1) is 0 Å². The molecular formula is C17H17BrN2O4. The molecule has 0 heterocycles. The van der Waals surface area contributed by atoms with E-state index in [1.54, 1.807) is 24.4 Å². The molecule has 0 saturated carbocycles. The number of hydrogen-bond donors (Lipinski definition) is 2. The zero-order valence-electron chi connectivity index (χ0n) is 13.0. The number of carboxylic acids is 1. The number of hydrogen-bond acceptors (Lipinski definition) is 5. The van der Waals surface area contributed by atoms with Crippen LogP contribution in [0.25, 0.3) is 0 Å². The van der Waals surface area contributed by atoms with Gasteiger partial charge in [0.25, 0.3) is 0 Å². The number of carbonyl (C=O) groups is 1. The van der Waals surface area contributed by atoms with E-state index in [9.17, 15) is 4.79 Å². The van der Waals surface area contributed by atoms with Crippen molar-refractivity contribution >= 4 is 33.8 Å². The number of aliphatic carboxylic acids is 1. The van der Waals surface area contributed by atoms with Crippen LogP contribution in [0, 0.1) is 0 Å². The van der Waals surface area contributed by atoms with Crippen molar-refractivity contribution in [2.75, 3.05) is 18.6 Å². The molecule has 0 atom stereocenters. The molecule has 0 fully saturated rings. The number of benzene rings is 2. The highest BCUT2D eigenvalue weighted by Gasteiger charge is 2.11. The van der Waals surface area contributed by atoms with Gasteiger partial charge in [-0.05, 0) is 43.3 Å². The number of halogens is 1. The molecule has 2 N–H and O–H groups in total. The topological polar surface area (TPSA) is 80.1 Å². The Kier molecular flexibility index (Phi) is 6.62. The minimum atomic E-state index is -1.06. The van der Waals surface area contributed by atoms with E-state index in [0.717, 1.165) is 10.2 Å². The van der Waals surface area contributed by atoms with Crippen LogP contribution in [0.15, 0.2) is 52.0 Å². The number of rotatable bonds is 8. The van der Waals surface area contributed by atoms with E-state index >= 15 is 0 Å². The van der Waals surface area contributed by atoms with Crippen molar-refractivity contribution in [2.45, 2.75) is 6.92 Å². The van der Waals surface area contributed by atoms with Crippen molar-refractivity contribution in [1.29, 1.82) is 0 Å². The van der Waals surface area contributed by atoms with Crippen LogP contribution in [-0.4, -0.2) is 30.5 Å². The molecule has 126 valence electrons. The summed E-state index contributed by atoms with van der Waals surface area (Å²) in [4.78, 5) is 10.8. The highest BCUT2D eigenvalue weighted by atomic mass is 79.9. The average molecular weight is 393 g/mol. The Balaban J connectivity index is 2.17. The van der Waals surface area contributed by atoms with Gasteiger partial charge in [-0.1, -0.05) is 22.0 Å². The number of anilines is 1. The van der Waals surface area contributed by atoms with E-state index in [1.807, 2.05) is 31.2 Å². The Bertz CT molecular complexity index is 717. The largest absolute Gasteiger partial charge is 0.490 e. The molecule has 2 aromatic carbocycles. The summed E-state index contributed by atoms with van der Waals surface area (Å²) in [5.74, 6) is -0.230. The fourth-order valence-electron chi connectivity index (χ4n) is 1.89. The number of ether oxygens (including phenoxy) is 2. The third-order valence-corrected chi connectivity index (χ3v) is 3.42. The highest BCUT2D eigenvalue weighted by Crippen LogP contribution is 2.30. The van der Waals surface area contributed by atoms with E-state index in [-0.39, 0.29) is 0 Å². The first-order valence-electron chi connectivity index (χ1n) is 7.25. The van der Waals surface area contributed by atoms with E-state index < -0.39 is 12.6 Å². The third-order valence-electron chi connectivity index (χ3n) is 2.89. The van der Waals surface area contributed by atoms with Gasteiger partial charge in [-0.3, -0.25) is 5.43 Å². The van der Waals surface area contributed by atoms with E-state index in [2.05, 4.69) is 26.5 Å². The van der Waals surface area contributed by atoms with Crippen LogP contribution in [0.4, 0.5) is 5.69 Å². The zero-order valence-corrected chi connectivity index (χ0v) is 14.6. The highest BCUT2D eigenvalue weighted by molar-refractivity contribution is 9.10. The lowest BCUT2D eigenvalue weighted by atomic mass is 10.2. The molecule has 0 aliphatic rings. The van der Waals surface area contributed by atoms with Crippen molar-refractivity contribution in [3.05, 3.63) is 52.5 Å². The third kappa shape index (κ3) is 5.27. The quantitative estimate of drug-likeness (QED) is 0.528. The summed E-state index contributed by atoms with van der Waals surface area (Å²) in [5.41, 5.74) is 4.34. The van der Waals surface area contributed by atoms with Gasteiger partial charge in [-0.2, -0.15) is 5.10 Å². The molecule has 0 unspecified atom stereocenters. The second-order valence-electron chi connectivity index (χ2n) is 4.67. The Morgan fingerprint density at radius 2 is 2.00 bits per heavy atom. The molecule has 0 saturated heterocycles. The molecule has 2 rings (SSSR count). The summed E-state index contributed by atoms with van der Waals surface area (Å²) >= 11 is 3.37. The lowest BCUT2D eigenvalue weighted by Crippen LogP contribution is -2.11. The van der Waals surface area contributed by atoms with Gasteiger partial charge in [0.05, 0.1) is 18.5 Å². The molecule has 0 amide bonds. The number of carboxylic acid groups (broad SMARTS) is 1. The maximum Gasteiger partial charge on any atom is 0.341 e. The molecule has 24 heavy (non-hydrogen) atoms. The Labute approximate surface area is 148 Å². The molecule has 0 bridgehead atoms. The second kappa shape index (κ2) is 8.93. The van der Waals surface area contributed by atoms with Gasteiger partial charge in [0.2, 0.25) is 0 Å². The molecule has 0 aliphatic heterocycles. The van der Waals surface area contributed by atoms with Crippen LogP contribution in [0.5, 0.6) is 11.5 Å². The molecule has 6 nitrogen and oxygen atoms in total. The average Bonchev–Trinajstić information content (AvgIpc) is 2.56. The molecule has 0 spiro atoms. The van der Waals surface area contributed by atoms with Crippen LogP contribution >= 0.6 is 15.9 Å². The summed E-state index contributed by atoms with van der Waals surface area (Å²) in [6.07, 6.45) is 1.56. The zero-order chi connectivity index (χ0) is 17.4. The van der Waals surface area contributed by atoms with Crippen LogP contribution in [0.3, 0.4) is 0 Å². The smallest absolute Gasteiger partial charge is 0.341 e. The van der Waals surface area contributed by atoms with Crippen molar-refractivity contribution in [1.82, 2.24) is 0 Å². The van der Waals surface area contributed by atoms with Gasteiger partial charge >= 0.3 is 5.97 Å². The summed E-state index contributed by atoms with van der Waals surface area (Å²) in [6.45, 7) is 1.84. The Morgan fingerprint density at radius 3 is 2.67 bits per heavy atom. The SMILES string of the molecule is CCOc1cccc(/C=N/Nc2ccc(Br)cc2)c1OCC(=O)O. The van der Waals surface area contributed by atoms with E-state index in [4.69, 9.17) is 14.6 Å². The lowest BCUT2D eigenvalue weighted by molar-refractivity contribution is -0.139. The summed E-state index contributed by atoms with van der Waals surface area (Å²) in [7, 11) is 0. The van der Waals surface area contributed by atoms with Crippen LogP contribution in [0.2, 0.25) is 0 Å². The van der Waals surface area contributed by atoms with Gasteiger partial charge in [0.15, 0.2) is 18.1 Å². The fourth-order valence-corrected chi connectivity index (χ4v) is 2.16. The summed E-state index contributed by atoms with van der Waals surface area (Å²) in [6, 6.07) is 12.8. The van der Waals surface area contributed by atoms with Crippen molar-refractivity contribution in [3.8, 4) is 11.5 Å². The van der Waals surface area contributed by atoms with Gasteiger partial charge in [0.1, 0.15) is 0 Å². The number of nitrogens with zero attached hydrogens (tertiary/aromatic N) is 1. The molecule has 2 aromatic rings. The normalized spacial score (nSPS) is 10.6. The molecular weight excluding hydrogens is 376 g/mol. The van der Waals surface area contributed by atoms with Crippen LogP contribution < -0.4 is 14.9 Å². The molecule has 7 heteroatoms. The summed E-state index contributed by atoms with van der Waals surface area (Å²) < 4.78 is 11.8. The Morgan fingerprint density at radius 1 is 1.25 bits per heavy atom. The maximum absolute atomic E-state index is 10.8. The number of nitrogens with one attached hydrogen (secondary N) is 1. The number of hydrazone groups is 1. The second-order valence-corrected chi connectivity index (χ2v) is 5.58. The Hall–Kier alpha value is -2.54. The predicted molar refractivity (Wildman–Crippen MR) is 96.1 cm³/mol. The first-order valence-corrected chi connectivity index (χ1v) is 8.04. The minimum absolute atomic E-state index is 0.350. The van der Waals surface area contributed by atoms with Gasteiger partial charge in [-0.25, -0.2) is 4.79 Å². The first kappa shape index (κ1) is 17.8. The van der Waals surface area contributed by atoms with Crippen LogP contribution in [0.1, 0.15) is 12.5 Å². The first-order chi connectivity index (χ1) is 11.6. The summed E-state index contributed by atoms with van der Waals surface area (Å²) in [5, 5.41) is 13.0. The van der Waals surface area contributed by atoms with Gasteiger partial charge in [0, 0.05) is 10.0 Å². The predicted octanol–water partition coefficient (Wildman–Crippen LogP) is 3.76. The van der Waals surface area contributed by atoms with E-state index in [1.165, 1.54) is 0 Å². The van der Waals surface area contributed by atoms with Crippen molar-refractivity contribution < 1.29 is 19.4 Å². The minimum Gasteiger partial charge on any atom is -0.490 e. The van der Waals surface area contributed by atoms with Gasteiger partial charge < -0.3 is 14.6 Å². The standard InChI is InChI=1S/C17H17BrN2O4/c1-2-23-15-5-3-4-12(17(15)24-11-16(21)22)10-19-20-14-8-6-13(18)7-9-14/h3-10,20H,2,11H2,1H3,(H,21,22)/b19-10+. The van der Waals surface area contributed by atoms with Crippen molar-refractivity contribution in [2.24, 2.45) is 5.10 Å². The molecule has 0 aromatic heterocycles. The molecule has 0 aliphatic carbocycles. The number of para-hydroxylation sites is 1. The molecule has 0 radical (unpaired) electrons.